The summed E-state index contributed by atoms with van der Waals surface area (Å²) in [5, 5.41) is 3.80. The zero-order valence-electron chi connectivity index (χ0n) is 10.9. The van der Waals surface area contributed by atoms with Crippen LogP contribution in [0.2, 0.25) is 0 Å². The normalized spacial score (nSPS) is 37.5. The third-order valence-corrected chi connectivity index (χ3v) is 4.38. The van der Waals surface area contributed by atoms with Crippen molar-refractivity contribution in [3.63, 3.8) is 0 Å². The first kappa shape index (κ1) is 12.4. The fourth-order valence-corrected chi connectivity index (χ4v) is 3.29. The van der Waals surface area contributed by atoms with Gasteiger partial charge in [0.1, 0.15) is 0 Å². The second kappa shape index (κ2) is 6.02. The molecule has 1 saturated heterocycles. The molecule has 4 unspecified atom stereocenters. The Labute approximate surface area is 100 Å². The highest BCUT2D eigenvalue weighted by molar-refractivity contribution is 4.84. The zero-order valence-corrected chi connectivity index (χ0v) is 10.9. The van der Waals surface area contributed by atoms with E-state index >= 15 is 0 Å². The molecule has 94 valence electrons. The average molecular weight is 225 g/mol. The Morgan fingerprint density at radius 3 is 2.81 bits per heavy atom. The van der Waals surface area contributed by atoms with Crippen molar-refractivity contribution in [3.8, 4) is 0 Å². The van der Waals surface area contributed by atoms with Gasteiger partial charge in [-0.25, -0.2) is 0 Å². The van der Waals surface area contributed by atoms with Crippen molar-refractivity contribution < 1.29 is 4.74 Å². The predicted octanol–water partition coefficient (Wildman–Crippen LogP) is 3.11. The molecule has 0 aromatic carbocycles. The highest BCUT2D eigenvalue weighted by atomic mass is 16.5. The van der Waals surface area contributed by atoms with Crippen molar-refractivity contribution in [2.45, 2.75) is 77.0 Å². The van der Waals surface area contributed by atoms with Crippen LogP contribution >= 0.6 is 0 Å². The van der Waals surface area contributed by atoms with Crippen molar-refractivity contribution >= 4 is 0 Å². The third kappa shape index (κ3) is 3.21. The molecule has 4 atom stereocenters. The van der Waals surface area contributed by atoms with Crippen molar-refractivity contribution in [2.24, 2.45) is 5.92 Å². The van der Waals surface area contributed by atoms with Gasteiger partial charge >= 0.3 is 0 Å². The largest absolute Gasteiger partial charge is 0.377 e. The van der Waals surface area contributed by atoms with Gasteiger partial charge in [0.25, 0.3) is 0 Å². The van der Waals surface area contributed by atoms with Crippen molar-refractivity contribution in [3.05, 3.63) is 0 Å². The van der Waals surface area contributed by atoms with E-state index in [9.17, 15) is 0 Å². The van der Waals surface area contributed by atoms with Crippen LogP contribution in [-0.4, -0.2) is 24.8 Å². The van der Waals surface area contributed by atoms with Gasteiger partial charge in [0, 0.05) is 18.7 Å². The molecule has 0 aromatic rings. The number of hydrogen-bond acceptors (Lipinski definition) is 2. The SMILES string of the molecule is CCC1CCCC(NC(C)C2CCCO2)C1. The van der Waals surface area contributed by atoms with E-state index in [1.54, 1.807) is 0 Å². The zero-order chi connectivity index (χ0) is 11.4. The van der Waals surface area contributed by atoms with Crippen LogP contribution in [0.4, 0.5) is 0 Å². The van der Waals surface area contributed by atoms with Crippen LogP contribution in [0.1, 0.15) is 58.8 Å². The second-order valence-corrected chi connectivity index (χ2v) is 5.64. The maximum absolute atomic E-state index is 5.75. The van der Waals surface area contributed by atoms with Gasteiger partial charge in [-0.05, 0) is 38.5 Å². The lowest BCUT2D eigenvalue weighted by atomic mass is 9.84. The van der Waals surface area contributed by atoms with Gasteiger partial charge in [0.2, 0.25) is 0 Å². The monoisotopic (exact) mass is 225 g/mol. The molecule has 1 N–H and O–H groups in total. The Morgan fingerprint density at radius 1 is 1.25 bits per heavy atom. The van der Waals surface area contributed by atoms with E-state index in [4.69, 9.17) is 4.74 Å². The minimum atomic E-state index is 0.474. The molecular formula is C14H27NO. The minimum Gasteiger partial charge on any atom is -0.377 e. The highest BCUT2D eigenvalue weighted by Crippen LogP contribution is 2.27. The van der Waals surface area contributed by atoms with Crippen LogP contribution in [0.5, 0.6) is 0 Å². The van der Waals surface area contributed by atoms with E-state index in [1.165, 1.54) is 44.9 Å². The smallest absolute Gasteiger partial charge is 0.0726 e. The van der Waals surface area contributed by atoms with Crippen LogP contribution in [-0.2, 0) is 4.74 Å². The maximum atomic E-state index is 5.75. The van der Waals surface area contributed by atoms with Gasteiger partial charge in [-0.15, -0.1) is 0 Å². The van der Waals surface area contributed by atoms with E-state index < -0.39 is 0 Å². The molecule has 0 bridgehead atoms. The molecule has 1 saturated carbocycles. The molecule has 2 aliphatic rings. The van der Waals surface area contributed by atoms with E-state index in [0.717, 1.165) is 18.6 Å². The first-order valence-electron chi connectivity index (χ1n) is 7.17. The van der Waals surface area contributed by atoms with Crippen LogP contribution in [0.25, 0.3) is 0 Å². The number of nitrogens with one attached hydrogen (secondary N) is 1. The average Bonchev–Trinajstić information content (AvgIpc) is 2.83. The topological polar surface area (TPSA) is 21.3 Å². The maximum Gasteiger partial charge on any atom is 0.0726 e. The first-order chi connectivity index (χ1) is 7.79. The van der Waals surface area contributed by atoms with E-state index in [1.807, 2.05) is 0 Å². The van der Waals surface area contributed by atoms with Crippen LogP contribution < -0.4 is 5.32 Å². The van der Waals surface area contributed by atoms with Gasteiger partial charge in [0.05, 0.1) is 6.10 Å². The number of ether oxygens (including phenoxy) is 1. The molecule has 2 nitrogen and oxygen atoms in total. The first-order valence-corrected chi connectivity index (χ1v) is 7.17. The van der Waals surface area contributed by atoms with Crippen molar-refractivity contribution in [2.75, 3.05) is 6.61 Å². The lowest BCUT2D eigenvalue weighted by Crippen LogP contribution is -2.45. The standard InChI is InChI=1S/C14H27NO/c1-3-12-6-4-7-13(10-12)15-11(2)14-8-5-9-16-14/h11-15H,3-10H2,1-2H3. The fourth-order valence-electron chi connectivity index (χ4n) is 3.29. The van der Waals surface area contributed by atoms with Crippen LogP contribution in [0.15, 0.2) is 0 Å². The van der Waals surface area contributed by atoms with Gasteiger partial charge in [0.15, 0.2) is 0 Å². The second-order valence-electron chi connectivity index (χ2n) is 5.64. The molecule has 1 aliphatic carbocycles. The Kier molecular flexibility index (Phi) is 4.66. The van der Waals surface area contributed by atoms with Gasteiger partial charge < -0.3 is 10.1 Å². The van der Waals surface area contributed by atoms with Crippen molar-refractivity contribution in [1.29, 1.82) is 0 Å². The molecule has 16 heavy (non-hydrogen) atoms. The molecule has 2 rings (SSSR count). The Balaban J connectivity index is 1.75. The summed E-state index contributed by atoms with van der Waals surface area (Å²) in [7, 11) is 0. The summed E-state index contributed by atoms with van der Waals surface area (Å²) in [5.41, 5.74) is 0. The third-order valence-electron chi connectivity index (χ3n) is 4.38. The molecule has 1 aliphatic heterocycles. The molecule has 2 heteroatoms. The van der Waals surface area contributed by atoms with Crippen LogP contribution in [0, 0.1) is 5.92 Å². The van der Waals surface area contributed by atoms with Gasteiger partial charge in [-0.2, -0.15) is 0 Å². The highest BCUT2D eigenvalue weighted by Gasteiger charge is 2.27. The number of hydrogen-bond donors (Lipinski definition) is 1. The molecule has 2 fully saturated rings. The fraction of sp³-hybridized carbons (Fsp3) is 1.00. The van der Waals surface area contributed by atoms with Gasteiger partial charge in [-0.1, -0.05) is 26.2 Å². The Morgan fingerprint density at radius 2 is 2.12 bits per heavy atom. The summed E-state index contributed by atoms with van der Waals surface area (Å²) in [4.78, 5) is 0. The quantitative estimate of drug-likeness (QED) is 0.794. The molecule has 0 aromatic heterocycles. The van der Waals surface area contributed by atoms with Gasteiger partial charge in [-0.3, -0.25) is 0 Å². The van der Waals surface area contributed by atoms with E-state index in [-0.39, 0.29) is 0 Å². The lowest BCUT2D eigenvalue weighted by Gasteiger charge is -2.33. The molecule has 1 heterocycles. The van der Waals surface area contributed by atoms with E-state index in [0.29, 0.717) is 12.1 Å². The molecule has 0 radical (unpaired) electrons. The molecule has 0 amide bonds. The predicted molar refractivity (Wildman–Crippen MR) is 67.6 cm³/mol. The van der Waals surface area contributed by atoms with Crippen LogP contribution in [0.3, 0.4) is 0 Å². The molecular weight excluding hydrogens is 198 g/mol. The summed E-state index contributed by atoms with van der Waals surface area (Å²) in [6.07, 6.45) is 9.93. The summed E-state index contributed by atoms with van der Waals surface area (Å²) < 4.78 is 5.75. The van der Waals surface area contributed by atoms with Crippen molar-refractivity contribution in [1.82, 2.24) is 5.32 Å². The Hall–Kier alpha value is -0.0800. The minimum absolute atomic E-state index is 0.474. The Bertz CT molecular complexity index is 201. The summed E-state index contributed by atoms with van der Waals surface area (Å²) in [6.45, 7) is 5.60. The lowest BCUT2D eigenvalue weighted by molar-refractivity contribution is 0.0756. The summed E-state index contributed by atoms with van der Waals surface area (Å²) in [5.74, 6) is 0.961. The number of rotatable bonds is 4. The summed E-state index contributed by atoms with van der Waals surface area (Å²) >= 11 is 0. The molecule has 0 spiro atoms. The summed E-state index contributed by atoms with van der Waals surface area (Å²) in [6, 6.07) is 1.29. The van der Waals surface area contributed by atoms with E-state index in [2.05, 4.69) is 19.2 Å².